The van der Waals surface area contributed by atoms with Crippen molar-refractivity contribution in [2.45, 2.75) is 19.3 Å². The molecule has 1 aliphatic rings. The summed E-state index contributed by atoms with van der Waals surface area (Å²) < 4.78 is 0. The van der Waals surface area contributed by atoms with Gasteiger partial charge in [0.15, 0.2) is 0 Å². The summed E-state index contributed by atoms with van der Waals surface area (Å²) in [6, 6.07) is 5.71. The maximum absolute atomic E-state index is 11.3. The predicted octanol–water partition coefficient (Wildman–Crippen LogP) is 1.35. The summed E-state index contributed by atoms with van der Waals surface area (Å²) in [4.78, 5) is 11.3. The summed E-state index contributed by atoms with van der Waals surface area (Å²) in [6.07, 6.45) is 0.675. The molecule has 2 atom stereocenters. The monoisotopic (exact) mass is 234 g/mol. The van der Waals surface area contributed by atoms with Gasteiger partial charge in [0.2, 0.25) is 0 Å². The molecular formula is C13H18N2O2. The van der Waals surface area contributed by atoms with Crippen molar-refractivity contribution in [3.8, 4) is 0 Å². The zero-order valence-corrected chi connectivity index (χ0v) is 9.94. The summed E-state index contributed by atoms with van der Waals surface area (Å²) in [5, 5.41) is 12.5. The van der Waals surface area contributed by atoms with Gasteiger partial charge < -0.3 is 16.2 Å². The SMILES string of the molecule is Cc1ccc(N)cc1C1CNCCC1C(=O)O. The summed E-state index contributed by atoms with van der Waals surface area (Å²) >= 11 is 0. The van der Waals surface area contributed by atoms with Gasteiger partial charge in [0.05, 0.1) is 5.92 Å². The van der Waals surface area contributed by atoms with Crippen molar-refractivity contribution in [1.29, 1.82) is 0 Å². The third-order valence-electron chi connectivity index (χ3n) is 3.50. The third kappa shape index (κ3) is 2.42. The molecule has 1 aromatic rings. The molecule has 4 heteroatoms. The Labute approximate surface area is 101 Å². The normalized spacial score (nSPS) is 24.5. The highest BCUT2D eigenvalue weighted by molar-refractivity contribution is 5.72. The first-order valence-electron chi connectivity index (χ1n) is 5.89. The molecule has 4 nitrogen and oxygen atoms in total. The molecule has 0 saturated carbocycles. The van der Waals surface area contributed by atoms with Crippen LogP contribution in [0.1, 0.15) is 23.5 Å². The van der Waals surface area contributed by atoms with Gasteiger partial charge in [-0.25, -0.2) is 0 Å². The van der Waals surface area contributed by atoms with Gasteiger partial charge in [-0.15, -0.1) is 0 Å². The lowest BCUT2D eigenvalue weighted by Gasteiger charge is -2.30. The van der Waals surface area contributed by atoms with Gasteiger partial charge in [-0.1, -0.05) is 6.07 Å². The Morgan fingerprint density at radius 1 is 1.53 bits per heavy atom. The molecule has 0 amide bonds. The molecule has 17 heavy (non-hydrogen) atoms. The minimum absolute atomic E-state index is 0.0183. The van der Waals surface area contributed by atoms with E-state index in [4.69, 9.17) is 5.73 Å². The van der Waals surface area contributed by atoms with Crippen LogP contribution < -0.4 is 11.1 Å². The van der Waals surface area contributed by atoms with Gasteiger partial charge in [-0.05, 0) is 43.1 Å². The van der Waals surface area contributed by atoms with Gasteiger partial charge in [0.25, 0.3) is 0 Å². The van der Waals surface area contributed by atoms with E-state index in [-0.39, 0.29) is 11.8 Å². The zero-order chi connectivity index (χ0) is 12.4. The number of piperidine rings is 1. The van der Waals surface area contributed by atoms with Crippen LogP contribution in [0.25, 0.3) is 0 Å². The Bertz CT molecular complexity index is 431. The fourth-order valence-electron chi connectivity index (χ4n) is 2.54. The van der Waals surface area contributed by atoms with E-state index in [9.17, 15) is 9.90 Å². The van der Waals surface area contributed by atoms with E-state index in [1.807, 2.05) is 25.1 Å². The number of hydrogen-bond acceptors (Lipinski definition) is 3. The molecule has 0 bridgehead atoms. The Kier molecular flexibility index (Phi) is 3.33. The fraction of sp³-hybridized carbons (Fsp3) is 0.462. The molecule has 2 unspecified atom stereocenters. The van der Waals surface area contributed by atoms with Crippen LogP contribution in [0.3, 0.4) is 0 Å². The minimum Gasteiger partial charge on any atom is -0.481 e. The fourth-order valence-corrected chi connectivity index (χ4v) is 2.54. The average molecular weight is 234 g/mol. The van der Waals surface area contributed by atoms with Crippen molar-refractivity contribution < 1.29 is 9.90 Å². The van der Waals surface area contributed by atoms with E-state index in [0.29, 0.717) is 18.7 Å². The van der Waals surface area contributed by atoms with E-state index >= 15 is 0 Å². The van der Waals surface area contributed by atoms with Crippen molar-refractivity contribution in [2.24, 2.45) is 5.92 Å². The molecule has 0 spiro atoms. The van der Waals surface area contributed by atoms with E-state index in [1.165, 1.54) is 0 Å². The molecule has 1 aliphatic heterocycles. The maximum Gasteiger partial charge on any atom is 0.307 e. The summed E-state index contributed by atoms with van der Waals surface area (Å²) in [5.74, 6) is -1.00. The number of carboxylic acids is 1. The Morgan fingerprint density at radius 3 is 3.00 bits per heavy atom. The largest absolute Gasteiger partial charge is 0.481 e. The number of nitrogens with two attached hydrogens (primary N) is 1. The highest BCUT2D eigenvalue weighted by atomic mass is 16.4. The Hall–Kier alpha value is -1.55. The molecule has 2 rings (SSSR count). The van der Waals surface area contributed by atoms with Crippen LogP contribution in [-0.4, -0.2) is 24.2 Å². The second kappa shape index (κ2) is 4.75. The lowest BCUT2D eigenvalue weighted by molar-refractivity contribution is -0.143. The van der Waals surface area contributed by atoms with Crippen molar-refractivity contribution in [1.82, 2.24) is 5.32 Å². The molecule has 1 fully saturated rings. The van der Waals surface area contributed by atoms with Crippen molar-refractivity contribution in [2.75, 3.05) is 18.8 Å². The Morgan fingerprint density at radius 2 is 2.29 bits per heavy atom. The van der Waals surface area contributed by atoms with E-state index < -0.39 is 5.97 Å². The van der Waals surface area contributed by atoms with Gasteiger partial charge in [-0.3, -0.25) is 4.79 Å². The quantitative estimate of drug-likeness (QED) is 0.675. The van der Waals surface area contributed by atoms with Crippen molar-refractivity contribution in [3.05, 3.63) is 29.3 Å². The molecule has 92 valence electrons. The highest BCUT2D eigenvalue weighted by Crippen LogP contribution is 2.32. The molecule has 4 N–H and O–H groups in total. The summed E-state index contributed by atoms with van der Waals surface area (Å²) in [7, 11) is 0. The van der Waals surface area contributed by atoms with Crippen LogP contribution in [-0.2, 0) is 4.79 Å². The Balaban J connectivity index is 2.35. The number of nitrogen functional groups attached to an aromatic ring is 1. The lowest BCUT2D eigenvalue weighted by Crippen LogP contribution is -2.39. The molecule has 1 heterocycles. The van der Waals surface area contributed by atoms with Gasteiger partial charge in [0, 0.05) is 18.2 Å². The van der Waals surface area contributed by atoms with Crippen LogP contribution in [0.2, 0.25) is 0 Å². The molecule has 1 aromatic carbocycles. The standard InChI is InChI=1S/C13H18N2O2/c1-8-2-3-9(14)6-11(8)12-7-15-5-4-10(12)13(16)17/h2-3,6,10,12,15H,4-5,7,14H2,1H3,(H,16,17). The van der Waals surface area contributed by atoms with Crippen LogP contribution >= 0.6 is 0 Å². The summed E-state index contributed by atoms with van der Waals surface area (Å²) in [5.41, 5.74) is 8.65. The van der Waals surface area contributed by atoms with Crippen molar-refractivity contribution >= 4 is 11.7 Å². The first kappa shape index (κ1) is 11.9. The second-order valence-corrected chi connectivity index (χ2v) is 4.66. The van der Waals surface area contributed by atoms with Gasteiger partial charge in [0.1, 0.15) is 0 Å². The van der Waals surface area contributed by atoms with Crippen LogP contribution in [0.4, 0.5) is 5.69 Å². The molecule has 0 aliphatic carbocycles. The number of rotatable bonds is 2. The summed E-state index contributed by atoms with van der Waals surface area (Å²) in [6.45, 7) is 3.48. The van der Waals surface area contributed by atoms with Gasteiger partial charge >= 0.3 is 5.97 Å². The van der Waals surface area contributed by atoms with Gasteiger partial charge in [-0.2, -0.15) is 0 Å². The maximum atomic E-state index is 11.3. The van der Waals surface area contributed by atoms with E-state index in [1.54, 1.807) is 0 Å². The molecule has 0 radical (unpaired) electrons. The molecular weight excluding hydrogens is 216 g/mol. The highest BCUT2D eigenvalue weighted by Gasteiger charge is 2.32. The number of carboxylic acid groups (broad SMARTS) is 1. The number of nitrogens with one attached hydrogen (secondary N) is 1. The topological polar surface area (TPSA) is 75.3 Å². The number of hydrogen-bond donors (Lipinski definition) is 3. The predicted molar refractivity (Wildman–Crippen MR) is 66.9 cm³/mol. The van der Waals surface area contributed by atoms with E-state index in [2.05, 4.69) is 5.32 Å². The van der Waals surface area contributed by atoms with Crippen LogP contribution in [0, 0.1) is 12.8 Å². The average Bonchev–Trinajstić information content (AvgIpc) is 2.32. The minimum atomic E-state index is -0.710. The first-order chi connectivity index (χ1) is 8.09. The van der Waals surface area contributed by atoms with Crippen LogP contribution in [0.15, 0.2) is 18.2 Å². The second-order valence-electron chi connectivity index (χ2n) is 4.66. The number of anilines is 1. The molecule has 0 aromatic heterocycles. The zero-order valence-electron chi connectivity index (χ0n) is 9.94. The van der Waals surface area contributed by atoms with Crippen LogP contribution in [0.5, 0.6) is 0 Å². The smallest absolute Gasteiger partial charge is 0.307 e. The number of carbonyl (C=O) groups is 1. The van der Waals surface area contributed by atoms with Crippen molar-refractivity contribution in [3.63, 3.8) is 0 Å². The van der Waals surface area contributed by atoms with E-state index in [0.717, 1.165) is 17.7 Å². The first-order valence-corrected chi connectivity index (χ1v) is 5.89. The number of aliphatic carboxylic acids is 1. The molecule has 1 saturated heterocycles. The number of benzene rings is 1. The third-order valence-corrected chi connectivity index (χ3v) is 3.50. The lowest BCUT2D eigenvalue weighted by atomic mass is 9.80. The number of aryl methyl sites for hydroxylation is 1.